The van der Waals surface area contributed by atoms with Crippen LogP contribution in [-0.4, -0.2) is 32.4 Å². The highest BCUT2D eigenvalue weighted by Crippen LogP contribution is 2.30. The van der Waals surface area contributed by atoms with Gasteiger partial charge in [0.2, 0.25) is 5.82 Å². The minimum atomic E-state index is -4.52. The molecule has 8 nitrogen and oxygen atoms in total. The van der Waals surface area contributed by atoms with Gasteiger partial charge >= 0.3 is 6.18 Å². The van der Waals surface area contributed by atoms with Crippen molar-refractivity contribution in [1.82, 2.24) is 20.6 Å². The molecule has 0 atom stereocenters. The molecule has 4 aromatic rings. The molecule has 2 amide bonds. The highest BCUT2D eigenvalue weighted by Gasteiger charge is 2.30. The number of aromatic amines is 1. The fraction of sp³-hybridized carbons (Fsp3) is 0.0455. The average molecular weight is 452 g/mol. The molecule has 3 aromatic carbocycles. The number of nitrogens with one attached hydrogen (secondary N) is 3. The number of carbonyl (C=O) groups is 2. The first kappa shape index (κ1) is 21.7. The van der Waals surface area contributed by atoms with Gasteiger partial charge in [-0.15, -0.1) is 10.2 Å². The first-order chi connectivity index (χ1) is 15.8. The van der Waals surface area contributed by atoms with Gasteiger partial charge in [0.05, 0.1) is 5.56 Å². The van der Waals surface area contributed by atoms with E-state index < -0.39 is 23.6 Å². The number of tetrazole rings is 1. The van der Waals surface area contributed by atoms with E-state index in [1.807, 2.05) is 0 Å². The monoisotopic (exact) mass is 452 g/mol. The van der Waals surface area contributed by atoms with Gasteiger partial charge in [-0.05, 0) is 53.7 Å². The quantitative estimate of drug-likeness (QED) is 0.416. The summed E-state index contributed by atoms with van der Waals surface area (Å²) in [6, 6.07) is 16.9. The van der Waals surface area contributed by atoms with Gasteiger partial charge in [-0.3, -0.25) is 9.59 Å². The first-order valence-corrected chi connectivity index (χ1v) is 9.53. The molecule has 0 aliphatic heterocycles. The fourth-order valence-corrected chi connectivity index (χ4v) is 2.97. The Hall–Kier alpha value is -4.54. The van der Waals surface area contributed by atoms with Crippen LogP contribution in [0.15, 0.2) is 72.8 Å². The second-order valence-corrected chi connectivity index (χ2v) is 6.88. The molecule has 0 aliphatic rings. The Labute approximate surface area is 184 Å². The number of hydrogen-bond donors (Lipinski definition) is 3. The van der Waals surface area contributed by atoms with Crippen LogP contribution in [0.1, 0.15) is 26.3 Å². The van der Waals surface area contributed by atoms with E-state index in [4.69, 9.17) is 0 Å². The van der Waals surface area contributed by atoms with Crippen molar-refractivity contribution in [2.75, 3.05) is 10.6 Å². The molecule has 1 heterocycles. The van der Waals surface area contributed by atoms with Crippen LogP contribution in [-0.2, 0) is 6.18 Å². The molecule has 11 heteroatoms. The maximum absolute atomic E-state index is 12.9. The first-order valence-electron chi connectivity index (χ1n) is 9.53. The van der Waals surface area contributed by atoms with Crippen molar-refractivity contribution < 1.29 is 22.8 Å². The summed E-state index contributed by atoms with van der Waals surface area (Å²) in [6.07, 6.45) is -4.52. The van der Waals surface area contributed by atoms with E-state index in [2.05, 4.69) is 31.3 Å². The largest absolute Gasteiger partial charge is 0.416 e. The fourth-order valence-electron chi connectivity index (χ4n) is 2.97. The molecule has 0 aliphatic carbocycles. The summed E-state index contributed by atoms with van der Waals surface area (Å²) in [5.41, 5.74) is 0.684. The summed E-state index contributed by atoms with van der Waals surface area (Å²) in [6.45, 7) is 0. The van der Waals surface area contributed by atoms with Crippen molar-refractivity contribution in [1.29, 1.82) is 0 Å². The molecule has 0 unspecified atom stereocenters. The minimum absolute atomic E-state index is 0.00551. The number of benzene rings is 3. The van der Waals surface area contributed by atoms with Crippen molar-refractivity contribution in [2.45, 2.75) is 6.18 Å². The molecule has 33 heavy (non-hydrogen) atoms. The Morgan fingerprint density at radius 2 is 1.42 bits per heavy atom. The summed E-state index contributed by atoms with van der Waals surface area (Å²) < 4.78 is 38.6. The van der Waals surface area contributed by atoms with Crippen molar-refractivity contribution in [2.24, 2.45) is 0 Å². The number of amides is 2. The average Bonchev–Trinajstić information content (AvgIpc) is 3.34. The predicted molar refractivity (Wildman–Crippen MR) is 113 cm³/mol. The Morgan fingerprint density at radius 1 is 0.788 bits per heavy atom. The van der Waals surface area contributed by atoms with Gasteiger partial charge in [0.1, 0.15) is 0 Å². The Kier molecular flexibility index (Phi) is 5.85. The smallest absolute Gasteiger partial charge is 0.322 e. The third-order valence-corrected chi connectivity index (χ3v) is 4.58. The number of alkyl halides is 3. The van der Waals surface area contributed by atoms with Gasteiger partial charge in [0.15, 0.2) is 0 Å². The van der Waals surface area contributed by atoms with Gasteiger partial charge in [0, 0.05) is 28.1 Å². The van der Waals surface area contributed by atoms with Crippen molar-refractivity contribution in [3.05, 3.63) is 89.5 Å². The Bertz CT molecular complexity index is 1290. The lowest BCUT2D eigenvalue weighted by atomic mass is 10.1. The number of nitrogens with zero attached hydrogens (tertiary/aromatic N) is 3. The topological polar surface area (TPSA) is 113 Å². The molecular formula is C22H15F3N6O2. The van der Waals surface area contributed by atoms with Crippen LogP contribution in [0.2, 0.25) is 0 Å². The molecule has 4 rings (SSSR count). The number of anilines is 2. The standard InChI is InChI=1S/C22H15F3N6O2/c23-22(24,25)16-4-2-6-18(12-16)27-21(33)15-3-1-5-17(11-15)26-20(32)14-9-7-13(8-10-14)19-28-30-31-29-19/h1-12H,(H,26,32)(H,27,33)(H,28,29,30,31). The molecule has 0 radical (unpaired) electrons. The summed E-state index contributed by atoms with van der Waals surface area (Å²) in [4.78, 5) is 25.1. The summed E-state index contributed by atoms with van der Waals surface area (Å²) in [5, 5.41) is 18.7. The van der Waals surface area contributed by atoms with Crippen LogP contribution in [0, 0.1) is 0 Å². The van der Waals surface area contributed by atoms with Crippen molar-refractivity contribution in [3.63, 3.8) is 0 Å². The van der Waals surface area contributed by atoms with E-state index in [1.165, 1.54) is 24.3 Å². The lowest BCUT2D eigenvalue weighted by Gasteiger charge is -2.11. The van der Waals surface area contributed by atoms with E-state index >= 15 is 0 Å². The normalized spacial score (nSPS) is 11.1. The highest BCUT2D eigenvalue weighted by atomic mass is 19.4. The second kappa shape index (κ2) is 8.91. The number of aromatic nitrogens is 4. The van der Waals surface area contributed by atoms with Crippen LogP contribution in [0.25, 0.3) is 11.4 Å². The third kappa shape index (κ3) is 5.21. The Balaban J connectivity index is 1.44. The van der Waals surface area contributed by atoms with Crippen LogP contribution < -0.4 is 10.6 Å². The SMILES string of the molecule is O=C(Nc1cccc(C(=O)Nc2cccc(C(F)(F)F)c2)c1)c1ccc(-c2nn[nH]n2)cc1. The van der Waals surface area contributed by atoms with E-state index in [-0.39, 0.29) is 11.3 Å². The molecule has 0 bridgehead atoms. The second-order valence-electron chi connectivity index (χ2n) is 6.88. The molecule has 1 aromatic heterocycles. The van der Waals surface area contributed by atoms with E-state index in [9.17, 15) is 22.8 Å². The van der Waals surface area contributed by atoms with Crippen LogP contribution >= 0.6 is 0 Å². The number of rotatable bonds is 5. The van der Waals surface area contributed by atoms with Gasteiger partial charge in [-0.2, -0.15) is 18.4 Å². The van der Waals surface area contributed by atoms with Crippen molar-refractivity contribution in [3.8, 4) is 11.4 Å². The zero-order chi connectivity index (χ0) is 23.4. The maximum atomic E-state index is 12.9. The van der Waals surface area contributed by atoms with Gasteiger partial charge < -0.3 is 10.6 Å². The highest BCUT2D eigenvalue weighted by molar-refractivity contribution is 6.07. The van der Waals surface area contributed by atoms with Crippen LogP contribution in [0.5, 0.6) is 0 Å². The van der Waals surface area contributed by atoms with E-state index in [1.54, 1.807) is 36.4 Å². The molecule has 0 saturated heterocycles. The molecule has 166 valence electrons. The van der Waals surface area contributed by atoms with Crippen LogP contribution in [0.3, 0.4) is 0 Å². The summed E-state index contributed by atoms with van der Waals surface area (Å²) >= 11 is 0. The zero-order valence-corrected chi connectivity index (χ0v) is 16.7. The third-order valence-electron chi connectivity index (χ3n) is 4.58. The summed E-state index contributed by atoms with van der Waals surface area (Å²) in [7, 11) is 0. The molecule has 0 spiro atoms. The number of hydrogen-bond acceptors (Lipinski definition) is 5. The molecule has 0 saturated carbocycles. The minimum Gasteiger partial charge on any atom is -0.322 e. The van der Waals surface area contributed by atoms with Gasteiger partial charge in [-0.25, -0.2) is 0 Å². The van der Waals surface area contributed by atoms with Crippen molar-refractivity contribution >= 4 is 23.2 Å². The number of halogens is 3. The van der Waals surface area contributed by atoms with Crippen LogP contribution in [0.4, 0.5) is 24.5 Å². The zero-order valence-electron chi connectivity index (χ0n) is 16.7. The Morgan fingerprint density at radius 3 is 2.06 bits per heavy atom. The number of H-pyrrole nitrogens is 1. The lowest BCUT2D eigenvalue weighted by molar-refractivity contribution is -0.137. The lowest BCUT2D eigenvalue weighted by Crippen LogP contribution is -2.15. The van der Waals surface area contributed by atoms with Gasteiger partial charge in [-0.1, -0.05) is 24.3 Å². The maximum Gasteiger partial charge on any atom is 0.416 e. The molecule has 0 fully saturated rings. The number of carbonyl (C=O) groups excluding carboxylic acids is 2. The predicted octanol–water partition coefficient (Wildman–Crippen LogP) is 4.39. The van der Waals surface area contributed by atoms with Gasteiger partial charge in [0.25, 0.3) is 11.8 Å². The van der Waals surface area contributed by atoms with E-state index in [0.29, 0.717) is 22.6 Å². The molecular weight excluding hydrogens is 437 g/mol. The summed E-state index contributed by atoms with van der Waals surface area (Å²) in [5.74, 6) is -0.638. The molecule has 3 N–H and O–H groups in total. The van der Waals surface area contributed by atoms with E-state index in [0.717, 1.165) is 12.1 Å².